The summed E-state index contributed by atoms with van der Waals surface area (Å²) in [5, 5.41) is 5.31. The summed E-state index contributed by atoms with van der Waals surface area (Å²) in [6, 6.07) is 8.05. The van der Waals surface area contributed by atoms with Crippen LogP contribution in [-0.4, -0.2) is 69.6 Å². The summed E-state index contributed by atoms with van der Waals surface area (Å²) in [7, 11) is 6.97. The summed E-state index contributed by atoms with van der Waals surface area (Å²) >= 11 is 1.78. The fourth-order valence-corrected chi connectivity index (χ4v) is 4.44. The van der Waals surface area contributed by atoms with Crippen molar-refractivity contribution in [1.29, 1.82) is 0 Å². The van der Waals surface area contributed by atoms with E-state index in [4.69, 9.17) is 9.47 Å². The van der Waals surface area contributed by atoms with Gasteiger partial charge in [0.05, 0.1) is 20.8 Å². The Labute approximate surface area is 182 Å². The maximum atomic E-state index is 12.7. The van der Waals surface area contributed by atoms with Gasteiger partial charge in [-0.15, -0.1) is 11.3 Å². The second kappa shape index (κ2) is 10.3. The predicted octanol–water partition coefficient (Wildman–Crippen LogP) is 2.40. The van der Waals surface area contributed by atoms with Crippen LogP contribution in [0.1, 0.15) is 16.0 Å². The minimum absolute atomic E-state index is 0.0984. The quantitative estimate of drug-likeness (QED) is 0.540. The molecule has 1 N–H and O–H groups in total. The first-order chi connectivity index (χ1) is 14.5. The highest BCUT2D eigenvalue weighted by atomic mass is 32.1. The first kappa shape index (κ1) is 22.0. The van der Waals surface area contributed by atoms with Gasteiger partial charge in [-0.2, -0.15) is 0 Å². The zero-order chi connectivity index (χ0) is 21.5. The molecule has 0 aliphatic carbocycles. The zero-order valence-corrected chi connectivity index (χ0v) is 18.9. The van der Waals surface area contributed by atoms with Crippen molar-refractivity contribution in [3.63, 3.8) is 0 Å². The highest BCUT2D eigenvalue weighted by Crippen LogP contribution is 2.27. The van der Waals surface area contributed by atoms with E-state index in [0.29, 0.717) is 12.5 Å². The molecule has 1 aromatic carbocycles. The number of hydrogen-bond donors (Lipinski definition) is 1. The molecule has 162 valence electrons. The Bertz CT molecular complexity index is 896. The SMILES string of the molecule is CN=C(NCC(=O)N1CCc2sccc2C1)N(C)CCc1ccc(OC)c(OC)c1. The van der Waals surface area contributed by atoms with Gasteiger partial charge in [-0.1, -0.05) is 6.07 Å². The monoisotopic (exact) mass is 430 g/mol. The Morgan fingerprint density at radius 2 is 2.07 bits per heavy atom. The van der Waals surface area contributed by atoms with Gasteiger partial charge in [0.15, 0.2) is 17.5 Å². The van der Waals surface area contributed by atoms with Gasteiger partial charge in [0.1, 0.15) is 0 Å². The van der Waals surface area contributed by atoms with Crippen molar-refractivity contribution in [2.24, 2.45) is 4.99 Å². The van der Waals surface area contributed by atoms with Crippen molar-refractivity contribution in [3.8, 4) is 11.5 Å². The third-order valence-electron chi connectivity index (χ3n) is 5.32. The van der Waals surface area contributed by atoms with Crippen LogP contribution >= 0.6 is 11.3 Å². The third kappa shape index (κ3) is 5.24. The second-order valence-electron chi connectivity index (χ2n) is 7.20. The lowest BCUT2D eigenvalue weighted by molar-refractivity contribution is -0.130. The van der Waals surface area contributed by atoms with Gasteiger partial charge in [-0.3, -0.25) is 9.79 Å². The standard InChI is InChI=1S/C22H30N4O3S/c1-23-22(24-14-21(27)26-11-8-20-17(15-26)9-12-30-20)25(2)10-7-16-5-6-18(28-3)19(13-16)29-4/h5-6,9,12-13H,7-8,10-11,14-15H2,1-4H3,(H,23,24). The minimum atomic E-state index is 0.0984. The van der Waals surface area contributed by atoms with Crippen molar-refractivity contribution in [1.82, 2.24) is 15.1 Å². The molecular weight excluding hydrogens is 400 g/mol. The number of fused-ring (bicyclic) bond motifs is 1. The van der Waals surface area contributed by atoms with E-state index in [2.05, 4.69) is 21.8 Å². The molecule has 1 aliphatic heterocycles. The number of nitrogens with zero attached hydrogens (tertiary/aromatic N) is 3. The Kier molecular flexibility index (Phi) is 7.57. The van der Waals surface area contributed by atoms with Crippen molar-refractivity contribution in [2.45, 2.75) is 19.4 Å². The topological polar surface area (TPSA) is 66.4 Å². The highest BCUT2D eigenvalue weighted by Gasteiger charge is 2.21. The Balaban J connectivity index is 1.49. The summed E-state index contributed by atoms with van der Waals surface area (Å²) in [5.74, 6) is 2.25. The molecule has 0 spiro atoms. The number of methoxy groups -OCH3 is 2. The van der Waals surface area contributed by atoms with Gasteiger partial charge in [-0.25, -0.2) is 0 Å². The van der Waals surface area contributed by atoms with E-state index in [0.717, 1.165) is 43.0 Å². The smallest absolute Gasteiger partial charge is 0.242 e. The molecule has 2 heterocycles. The zero-order valence-electron chi connectivity index (χ0n) is 18.1. The van der Waals surface area contributed by atoms with E-state index in [1.54, 1.807) is 32.6 Å². The van der Waals surface area contributed by atoms with E-state index in [1.807, 2.05) is 35.0 Å². The van der Waals surface area contributed by atoms with Crippen LogP contribution in [0.3, 0.4) is 0 Å². The van der Waals surface area contributed by atoms with E-state index >= 15 is 0 Å². The summed E-state index contributed by atoms with van der Waals surface area (Å²) in [4.78, 5) is 22.3. The molecule has 0 unspecified atom stereocenters. The number of carbonyl (C=O) groups excluding carboxylic acids is 1. The summed E-state index contributed by atoms with van der Waals surface area (Å²) in [6.45, 7) is 2.48. The molecule has 7 nitrogen and oxygen atoms in total. The second-order valence-corrected chi connectivity index (χ2v) is 8.20. The number of likely N-dealkylation sites (N-methyl/N-ethyl adjacent to an activating group) is 1. The molecule has 30 heavy (non-hydrogen) atoms. The van der Waals surface area contributed by atoms with Crippen molar-refractivity contribution in [3.05, 3.63) is 45.6 Å². The van der Waals surface area contributed by atoms with Crippen LogP contribution in [0.15, 0.2) is 34.6 Å². The fourth-order valence-electron chi connectivity index (χ4n) is 3.55. The van der Waals surface area contributed by atoms with Crippen LogP contribution in [0.25, 0.3) is 0 Å². The molecule has 0 saturated carbocycles. The van der Waals surface area contributed by atoms with Crippen LogP contribution in [-0.2, 0) is 24.2 Å². The van der Waals surface area contributed by atoms with Crippen LogP contribution in [0, 0.1) is 0 Å². The molecule has 8 heteroatoms. The Hall–Kier alpha value is -2.74. The largest absolute Gasteiger partial charge is 0.493 e. The van der Waals surface area contributed by atoms with Gasteiger partial charge in [-0.05, 0) is 47.5 Å². The summed E-state index contributed by atoms with van der Waals surface area (Å²) in [6.07, 6.45) is 1.76. The maximum Gasteiger partial charge on any atom is 0.242 e. The molecular formula is C22H30N4O3S. The summed E-state index contributed by atoms with van der Waals surface area (Å²) < 4.78 is 10.7. The van der Waals surface area contributed by atoms with Crippen molar-refractivity contribution in [2.75, 3.05) is 47.9 Å². The first-order valence-corrected chi connectivity index (χ1v) is 10.9. The molecule has 0 radical (unpaired) electrons. The van der Waals surface area contributed by atoms with E-state index in [9.17, 15) is 4.79 Å². The molecule has 0 saturated heterocycles. The number of aliphatic imine (C=N–C) groups is 1. The molecule has 0 atom stereocenters. The number of nitrogens with one attached hydrogen (secondary N) is 1. The van der Waals surface area contributed by atoms with Crippen LogP contribution in [0.2, 0.25) is 0 Å². The van der Waals surface area contributed by atoms with Crippen molar-refractivity contribution >= 4 is 23.2 Å². The number of guanidine groups is 1. The molecule has 0 bridgehead atoms. The molecule has 1 aromatic heterocycles. The van der Waals surface area contributed by atoms with Crippen molar-refractivity contribution < 1.29 is 14.3 Å². The van der Waals surface area contributed by atoms with Gasteiger partial charge in [0, 0.05) is 38.6 Å². The third-order valence-corrected chi connectivity index (χ3v) is 6.34. The number of amides is 1. The summed E-state index contributed by atoms with van der Waals surface area (Å²) in [5.41, 5.74) is 2.42. The van der Waals surface area contributed by atoms with Crippen LogP contribution in [0.4, 0.5) is 0 Å². The number of ether oxygens (including phenoxy) is 2. The average Bonchev–Trinajstić information content (AvgIpc) is 3.25. The van der Waals surface area contributed by atoms with Gasteiger partial charge < -0.3 is 24.6 Å². The molecule has 1 aliphatic rings. The predicted molar refractivity (Wildman–Crippen MR) is 121 cm³/mol. The molecule has 0 fully saturated rings. The van der Waals surface area contributed by atoms with Gasteiger partial charge >= 0.3 is 0 Å². The van der Waals surface area contributed by atoms with E-state index < -0.39 is 0 Å². The molecule has 1 amide bonds. The molecule has 2 aromatic rings. The van der Waals surface area contributed by atoms with Crippen LogP contribution in [0.5, 0.6) is 11.5 Å². The average molecular weight is 431 g/mol. The van der Waals surface area contributed by atoms with Gasteiger partial charge in [0.25, 0.3) is 0 Å². The maximum absolute atomic E-state index is 12.7. The normalized spacial score (nSPS) is 13.6. The number of carbonyl (C=O) groups is 1. The van der Waals surface area contributed by atoms with Crippen LogP contribution < -0.4 is 14.8 Å². The Morgan fingerprint density at radius 1 is 1.27 bits per heavy atom. The Morgan fingerprint density at radius 3 is 2.80 bits per heavy atom. The number of thiophene rings is 1. The lowest BCUT2D eigenvalue weighted by Gasteiger charge is -2.28. The number of hydrogen-bond acceptors (Lipinski definition) is 5. The first-order valence-electron chi connectivity index (χ1n) is 10.0. The fraction of sp³-hybridized carbons (Fsp3) is 0.455. The van der Waals surface area contributed by atoms with Gasteiger partial charge in [0.2, 0.25) is 5.91 Å². The molecule has 3 rings (SSSR count). The highest BCUT2D eigenvalue weighted by molar-refractivity contribution is 7.10. The number of benzene rings is 1. The number of rotatable bonds is 7. The minimum Gasteiger partial charge on any atom is -0.493 e. The lowest BCUT2D eigenvalue weighted by Crippen LogP contribution is -2.46. The van der Waals surface area contributed by atoms with E-state index in [-0.39, 0.29) is 12.5 Å². The van der Waals surface area contributed by atoms with E-state index in [1.165, 1.54) is 10.4 Å². The lowest BCUT2D eigenvalue weighted by atomic mass is 10.1.